The summed E-state index contributed by atoms with van der Waals surface area (Å²) in [5.41, 5.74) is 1.01. The molecule has 7 nitrogen and oxygen atoms in total. The molecule has 1 amide bonds. The minimum atomic E-state index is -3.60. The van der Waals surface area contributed by atoms with E-state index in [4.69, 9.17) is 9.15 Å². The number of ether oxygens (including phenoxy) is 1. The highest BCUT2D eigenvalue weighted by Gasteiger charge is 2.24. The van der Waals surface area contributed by atoms with Crippen LogP contribution in [0.25, 0.3) is 11.5 Å². The van der Waals surface area contributed by atoms with E-state index in [1.165, 1.54) is 6.26 Å². The summed E-state index contributed by atoms with van der Waals surface area (Å²) in [6.45, 7) is 1.28. The predicted octanol–water partition coefficient (Wildman–Crippen LogP) is 2.28. The highest BCUT2D eigenvalue weighted by molar-refractivity contribution is 7.91. The highest BCUT2D eigenvalue weighted by atomic mass is 32.2. The van der Waals surface area contributed by atoms with Gasteiger partial charge in [-0.25, -0.2) is 13.4 Å². The number of nitrogens with zero attached hydrogens (tertiary/aromatic N) is 2. The van der Waals surface area contributed by atoms with E-state index in [1.807, 2.05) is 0 Å². The van der Waals surface area contributed by atoms with Crippen LogP contribution in [0.15, 0.2) is 34.9 Å². The summed E-state index contributed by atoms with van der Waals surface area (Å²) in [5.74, 6) is -0.0904. The molecule has 1 saturated heterocycles. The summed E-state index contributed by atoms with van der Waals surface area (Å²) >= 11 is 0. The van der Waals surface area contributed by atoms with Crippen molar-refractivity contribution in [2.24, 2.45) is 0 Å². The molecule has 0 aliphatic carbocycles. The van der Waals surface area contributed by atoms with Gasteiger partial charge in [-0.15, -0.1) is 0 Å². The van der Waals surface area contributed by atoms with Gasteiger partial charge in [0.25, 0.3) is 0 Å². The number of likely N-dealkylation sites (tertiary alicyclic amines) is 1. The van der Waals surface area contributed by atoms with Crippen LogP contribution >= 0.6 is 0 Å². The lowest BCUT2D eigenvalue weighted by atomic mass is 10.1. The largest absolute Gasteiger partial charge is 0.497 e. The van der Waals surface area contributed by atoms with Crippen LogP contribution in [0, 0.1) is 0 Å². The van der Waals surface area contributed by atoms with E-state index >= 15 is 0 Å². The molecular formula is C18H22N2O5S. The van der Waals surface area contributed by atoms with E-state index in [2.05, 4.69) is 4.98 Å². The average Bonchev–Trinajstić information content (AvgIpc) is 3.09. The Hall–Kier alpha value is -2.35. The molecule has 1 aromatic carbocycles. The molecule has 26 heavy (non-hydrogen) atoms. The minimum absolute atomic E-state index is 0.294. The fourth-order valence-electron chi connectivity index (χ4n) is 2.94. The molecule has 0 unspecified atom stereocenters. The molecule has 0 saturated carbocycles. The van der Waals surface area contributed by atoms with Gasteiger partial charge in [0.2, 0.25) is 11.8 Å². The number of aromatic nitrogens is 1. The Morgan fingerprint density at radius 2 is 1.88 bits per heavy atom. The van der Waals surface area contributed by atoms with Gasteiger partial charge in [0.05, 0.1) is 18.6 Å². The topological polar surface area (TPSA) is 89.7 Å². The van der Waals surface area contributed by atoms with Crippen LogP contribution in [-0.2, 0) is 20.4 Å². The monoisotopic (exact) mass is 378 g/mol. The molecule has 0 spiro atoms. The Kier molecular flexibility index (Phi) is 5.61. The van der Waals surface area contributed by atoms with Gasteiger partial charge in [-0.3, -0.25) is 4.79 Å². The summed E-state index contributed by atoms with van der Waals surface area (Å²) < 4.78 is 35.1. The lowest BCUT2D eigenvalue weighted by molar-refractivity contribution is -0.129. The third kappa shape index (κ3) is 4.63. The van der Waals surface area contributed by atoms with Crippen molar-refractivity contribution in [3.8, 4) is 17.2 Å². The predicted molar refractivity (Wildman–Crippen MR) is 96.4 cm³/mol. The van der Waals surface area contributed by atoms with Crippen molar-refractivity contribution in [2.75, 3.05) is 26.0 Å². The number of amides is 1. The van der Waals surface area contributed by atoms with Gasteiger partial charge < -0.3 is 14.1 Å². The van der Waals surface area contributed by atoms with Crippen LogP contribution in [-0.4, -0.2) is 50.2 Å². The first-order valence-corrected chi connectivity index (χ1v) is 10.4. The molecule has 0 radical (unpaired) electrons. The fraction of sp³-hybridized carbons (Fsp3) is 0.444. The number of sulfone groups is 1. The van der Waals surface area contributed by atoms with Gasteiger partial charge >= 0.3 is 0 Å². The first-order chi connectivity index (χ1) is 12.5. The second kappa shape index (κ2) is 7.90. The van der Waals surface area contributed by atoms with Gasteiger partial charge in [0, 0.05) is 18.7 Å². The zero-order valence-electron chi connectivity index (χ0n) is 14.7. The van der Waals surface area contributed by atoms with Crippen molar-refractivity contribution >= 4 is 15.7 Å². The van der Waals surface area contributed by atoms with E-state index in [1.54, 1.807) is 36.3 Å². The SMILES string of the molecule is COc1ccc(-c2nc(CS(=O)(=O)CC(=O)N3CCCCC3)co2)cc1. The average molecular weight is 378 g/mol. The van der Waals surface area contributed by atoms with E-state index in [-0.39, 0.29) is 11.7 Å². The molecule has 8 heteroatoms. The van der Waals surface area contributed by atoms with Crippen LogP contribution in [0.4, 0.5) is 0 Å². The molecule has 140 valence electrons. The third-order valence-corrected chi connectivity index (χ3v) is 5.73. The molecule has 1 aromatic heterocycles. The smallest absolute Gasteiger partial charge is 0.237 e. The van der Waals surface area contributed by atoms with Gasteiger partial charge in [-0.1, -0.05) is 0 Å². The lowest BCUT2D eigenvalue weighted by Crippen LogP contribution is -2.39. The molecule has 1 aliphatic rings. The molecule has 2 heterocycles. The van der Waals surface area contributed by atoms with Crippen molar-refractivity contribution in [1.82, 2.24) is 9.88 Å². The molecule has 2 aromatic rings. The number of carbonyl (C=O) groups excluding carboxylic acids is 1. The number of carbonyl (C=O) groups is 1. The van der Waals surface area contributed by atoms with Crippen LogP contribution < -0.4 is 4.74 Å². The Morgan fingerprint density at radius 1 is 1.19 bits per heavy atom. The van der Waals surface area contributed by atoms with Crippen LogP contribution in [0.1, 0.15) is 25.0 Å². The highest BCUT2D eigenvalue weighted by Crippen LogP contribution is 2.22. The summed E-state index contributed by atoms with van der Waals surface area (Å²) in [5, 5.41) is 0. The van der Waals surface area contributed by atoms with E-state index in [0.29, 0.717) is 30.4 Å². The number of methoxy groups -OCH3 is 1. The molecule has 1 fully saturated rings. The standard InChI is InChI=1S/C18H22N2O5S/c1-24-16-7-5-14(6-8-16)18-19-15(11-25-18)12-26(22,23)13-17(21)20-9-3-2-4-10-20/h5-8,11H,2-4,9-10,12-13H2,1H3. The number of hydrogen-bond acceptors (Lipinski definition) is 6. The van der Waals surface area contributed by atoms with Gasteiger partial charge in [0.15, 0.2) is 9.84 Å². The van der Waals surface area contributed by atoms with Gasteiger partial charge in [0.1, 0.15) is 17.8 Å². The van der Waals surface area contributed by atoms with Crippen molar-refractivity contribution in [1.29, 1.82) is 0 Å². The Labute approximate surface area is 152 Å². The van der Waals surface area contributed by atoms with Crippen molar-refractivity contribution in [2.45, 2.75) is 25.0 Å². The molecule has 0 bridgehead atoms. The minimum Gasteiger partial charge on any atom is -0.497 e. The van der Waals surface area contributed by atoms with Crippen LogP contribution in [0.3, 0.4) is 0 Å². The first-order valence-electron chi connectivity index (χ1n) is 8.54. The zero-order valence-corrected chi connectivity index (χ0v) is 15.5. The molecule has 0 atom stereocenters. The summed E-state index contributed by atoms with van der Waals surface area (Å²) in [7, 11) is -2.02. The summed E-state index contributed by atoms with van der Waals surface area (Å²) in [4.78, 5) is 18.0. The number of rotatable bonds is 6. The van der Waals surface area contributed by atoms with Crippen LogP contribution in [0.5, 0.6) is 5.75 Å². The maximum atomic E-state index is 12.3. The summed E-state index contributed by atoms with van der Waals surface area (Å²) in [6.07, 6.45) is 4.27. The number of piperidine rings is 1. The molecular weight excluding hydrogens is 356 g/mol. The Morgan fingerprint density at radius 3 is 2.54 bits per heavy atom. The van der Waals surface area contributed by atoms with E-state index in [0.717, 1.165) is 24.8 Å². The maximum absolute atomic E-state index is 12.3. The fourth-order valence-corrected chi connectivity index (χ4v) is 4.18. The molecule has 0 N–H and O–H groups in total. The second-order valence-corrected chi connectivity index (χ2v) is 8.41. The van der Waals surface area contributed by atoms with Crippen molar-refractivity contribution < 1.29 is 22.4 Å². The van der Waals surface area contributed by atoms with E-state index < -0.39 is 15.6 Å². The number of oxazole rings is 1. The lowest BCUT2D eigenvalue weighted by Gasteiger charge is -2.26. The Balaban J connectivity index is 1.64. The normalized spacial score (nSPS) is 15.0. The van der Waals surface area contributed by atoms with E-state index in [9.17, 15) is 13.2 Å². The van der Waals surface area contributed by atoms with Gasteiger partial charge in [-0.2, -0.15) is 0 Å². The first kappa shape index (κ1) is 18.4. The number of benzene rings is 1. The van der Waals surface area contributed by atoms with Crippen molar-refractivity contribution in [3.63, 3.8) is 0 Å². The second-order valence-electron chi connectivity index (χ2n) is 6.35. The summed E-state index contributed by atoms with van der Waals surface area (Å²) in [6, 6.07) is 7.10. The molecule has 3 rings (SSSR count). The van der Waals surface area contributed by atoms with Crippen molar-refractivity contribution in [3.05, 3.63) is 36.2 Å². The zero-order chi connectivity index (χ0) is 18.6. The quantitative estimate of drug-likeness (QED) is 0.766. The maximum Gasteiger partial charge on any atom is 0.237 e. The van der Waals surface area contributed by atoms with Crippen LogP contribution in [0.2, 0.25) is 0 Å². The third-order valence-electron chi connectivity index (χ3n) is 4.31. The molecule has 1 aliphatic heterocycles. The van der Waals surface area contributed by atoms with Gasteiger partial charge in [-0.05, 0) is 43.5 Å². The number of hydrogen-bond donors (Lipinski definition) is 0. The Bertz CT molecular complexity index is 852.